The summed E-state index contributed by atoms with van der Waals surface area (Å²) in [6.45, 7) is 2.97. The van der Waals surface area contributed by atoms with Gasteiger partial charge in [-0.3, -0.25) is 4.79 Å². The van der Waals surface area contributed by atoms with Crippen molar-refractivity contribution in [2.75, 3.05) is 24.5 Å². The number of rotatable bonds is 3. The van der Waals surface area contributed by atoms with Crippen LogP contribution in [-0.4, -0.2) is 37.6 Å². The molecule has 3 rings (SSSR count). The van der Waals surface area contributed by atoms with Gasteiger partial charge in [-0.25, -0.2) is 0 Å². The second kappa shape index (κ2) is 7.66. The van der Waals surface area contributed by atoms with E-state index < -0.39 is 0 Å². The number of halogens is 1. The number of amides is 1. The number of para-hydroxylation sites is 1. The normalized spacial score (nSPS) is 25.2. The Bertz CT molecular complexity index is 448. The number of hydrogen-bond acceptors (Lipinski definition) is 3. The highest BCUT2D eigenvalue weighted by atomic mass is 35.5. The average molecular weight is 310 g/mol. The van der Waals surface area contributed by atoms with Crippen LogP contribution in [-0.2, 0) is 4.79 Å². The van der Waals surface area contributed by atoms with Crippen LogP contribution in [0, 0.1) is 0 Å². The maximum absolute atomic E-state index is 12.2. The van der Waals surface area contributed by atoms with Crippen molar-refractivity contribution in [2.45, 2.75) is 37.8 Å². The first-order valence-corrected chi connectivity index (χ1v) is 7.67. The number of anilines is 1. The topological polar surface area (TPSA) is 44.4 Å². The van der Waals surface area contributed by atoms with Gasteiger partial charge in [-0.05, 0) is 44.4 Å². The lowest BCUT2D eigenvalue weighted by molar-refractivity contribution is -0.123. The lowest BCUT2D eigenvalue weighted by atomic mass is 10.0. The van der Waals surface area contributed by atoms with Crippen molar-refractivity contribution in [3.8, 4) is 0 Å². The summed E-state index contributed by atoms with van der Waals surface area (Å²) < 4.78 is 0. The Hall–Kier alpha value is -1.26. The molecule has 21 heavy (non-hydrogen) atoms. The second-order valence-electron chi connectivity index (χ2n) is 5.78. The highest BCUT2D eigenvalue weighted by Gasteiger charge is 2.26. The summed E-state index contributed by atoms with van der Waals surface area (Å²) in [6, 6.07) is 10.8. The minimum absolute atomic E-state index is 0. The predicted octanol–water partition coefficient (Wildman–Crippen LogP) is 1.95. The monoisotopic (exact) mass is 309 g/mol. The molecule has 2 atom stereocenters. The molecular formula is C16H24ClN3O. The van der Waals surface area contributed by atoms with Crippen molar-refractivity contribution < 1.29 is 4.79 Å². The van der Waals surface area contributed by atoms with E-state index in [0.717, 1.165) is 45.3 Å². The molecule has 0 radical (unpaired) electrons. The van der Waals surface area contributed by atoms with E-state index >= 15 is 0 Å². The molecule has 4 nitrogen and oxygen atoms in total. The van der Waals surface area contributed by atoms with Gasteiger partial charge in [0.25, 0.3) is 0 Å². The highest BCUT2D eigenvalue weighted by molar-refractivity contribution is 5.85. The Morgan fingerprint density at radius 1 is 1.19 bits per heavy atom. The van der Waals surface area contributed by atoms with E-state index in [9.17, 15) is 4.79 Å². The van der Waals surface area contributed by atoms with E-state index in [-0.39, 0.29) is 30.4 Å². The third kappa shape index (κ3) is 4.11. The molecule has 2 aliphatic heterocycles. The van der Waals surface area contributed by atoms with E-state index in [0.29, 0.717) is 0 Å². The van der Waals surface area contributed by atoms with Crippen molar-refractivity contribution in [2.24, 2.45) is 0 Å². The largest absolute Gasteiger partial charge is 0.369 e. The number of carbonyl (C=O) groups excluding carboxylic acids is 1. The molecule has 2 heterocycles. The van der Waals surface area contributed by atoms with Gasteiger partial charge in [-0.2, -0.15) is 0 Å². The molecule has 1 amide bonds. The number of nitrogens with zero attached hydrogens (tertiary/aromatic N) is 1. The van der Waals surface area contributed by atoms with Crippen LogP contribution in [0.2, 0.25) is 0 Å². The van der Waals surface area contributed by atoms with Crippen molar-refractivity contribution in [1.29, 1.82) is 0 Å². The molecular weight excluding hydrogens is 286 g/mol. The molecule has 2 unspecified atom stereocenters. The Morgan fingerprint density at radius 3 is 2.71 bits per heavy atom. The summed E-state index contributed by atoms with van der Waals surface area (Å²) in [5, 5.41) is 6.48. The van der Waals surface area contributed by atoms with Crippen LogP contribution in [0.15, 0.2) is 30.3 Å². The third-order valence-electron chi connectivity index (χ3n) is 4.27. The van der Waals surface area contributed by atoms with Crippen LogP contribution in [0.1, 0.15) is 25.7 Å². The quantitative estimate of drug-likeness (QED) is 0.897. The zero-order valence-electron chi connectivity index (χ0n) is 12.3. The molecule has 1 aromatic rings. The predicted molar refractivity (Wildman–Crippen MR) is 88.1 cm³/mol. The first kappa shape index (κ1) is 16.1. The highest BCUT2D eigenvalue weighted by Crippen LogP contribution is 2.19. The van der Waals surface area contributed by atoms with Gasteiger partial charge < -0.3 is 15.5 Å². The summed E-state index contributed by atoms with van der Waals surface area (Å²) in [5.74, 6) is 0.183. The molecule has 2 N–H and O–H groups in total. The van der Waals surface area contributed by atoms with Gasteiger partial charge in [0, 0.05) is 24.8 Å². The number of nitrogens with one attached hydrogen (secondary N) is 2. The Morgan fingerprint density at radius 2 is 2.00 bits per heavy atom. The van der Waals surface area contributed by atoms with Gasteiger partial charge in [0.15, 0.2) is 0 Å². The third-order valence-corrected chi connectivity index (χ3v) is 4.27. The fraction of sp³-hybridized carbons (Fsp3) is 0.562. The van der Waals surface area contributed by atoms with E-state index in [1.807, 2.05) is 6.07 Å². The van der Waals surface area contributed by atoms with E-state index in [4.69, 9.17) is 0 Å². The molecule has 0 spiro atoms. The lowest BCUT2D eigenvalue weighted by Gasteiger charge is -2.35. The minimum Gasteiger partial charge on any atom is -0.369 e. The molecule has 1 aromatic carbocycles. The first-order chi connectivity index (χ1) is 9.83. The van der Waals surface area contributed by atoms with Gasteiger partial charge in [0.05, 0.1) is 6.04 Å². The van der Waals surface area contributed by atoms with Crippen molar-refractivity contribution in [3.05, 3.63) is 30.3 Å². The molecule has 116 valence electrons. The fourth-order valence-corrected chi connectivity index (χ4v) is 3.18. The van der Waals surface area contributed by atoms with E-state index in [2.05, 4.69) is 39.8 Å². The maximum atomic E-state index is 12.2. The molecule has 0 aromatic heterocycles. The van der Waals surface area contributed by atoms with E-state index in [1.165, 1.54) is 5.69 Å². The smallest absolute Gasteiger partial charge is 0.237 e. The lowest BCUT2D eigenvalue weighted by Crippen LogP contribution is -2.51. The molecule has 0 aliphatic carbocycles. The average Bonchev–Trinajstić information content (AvgIpc) is 3.03. The summed E-state index contributed by atoms with van der Waals surface area (Å²) in [4.78, 5) is 14.5. The fourth-order valence-electron chi connectivity index (χ4n) is 3.18. The molecule has 2 fully saturated rings. The molecule has 0 bridgehead atoms. The number of carbonyl (C=O) groups is 1. The van der Waals surface area contributed by atoms with Gasteiger partial charge >= 0.3 is 0 Å². The van der Waals surface area contributed by atoms with Crippen molar-refractivity contribution in [1.82, 2.24) is 10.6 Å². The van der Waals surface area contributed by atoms with Crippen LogP contribution < -0.4 is 15.5 Å². The van der Waals surface area contributed by atoms with Crippen molar-refractivity contribution >= 4 is 24.0 Å². The zero-order chi connectivity index (χ0) is 13.8. The molecule has 2 saturated heterocycles. The molecule has 5 heteroatoms. The van der Waals surface area contributed by atoms with Crippen LogP contribution >= 0.6 is 12.4 Å². The van der Waals surface area contributed by atoms with Crippen molar-refractivity contribution in [3.63, 3.8) is 0 Å². The van der Waals surface area contributed by atoms with Gasteiger partial charge in [0.2, 0.25) is 5.91 Å². The minimum atomic E-state index is 0. The standard InChI is InChI=1S/C16H23N3O.ClH/c20-16(15-9-4-10-17-15)18-13-6-5-11-19(12-13)14-7-2-1-3-8-14;/h1-3,7-8,13,15,17H,4-6,9-12H2,(H,18,20);1H. The van der Waals surface area contributed by atoms with Gasteiger partial charge in [-0.1, -0.05) is 18.2 Å². The first-order valence-electron chi connectivity index (χ1n) is 7.67. The second-order valence-corrected chi connectivity index (χ2v) is 5.78. The van der Waals surface area contributed by atoms with E-state index in [1.54, 1.807) is 0 Å². The zero-order valence-corrected chi connectivity index (χ0v) is 13.1. The Labute approximate surface area is 132 Å². The summed E-state index contributed by atoms with van der Waals surface area (Å²) in [6.07, 6.45) is 4.31. The number of piperidine rings is 1. The number of hydrogen-bond donors (Lipinski definition) is 2. The van der Waals surface area contributed by atoms with Gasteiger partial charge in [0.1, 0.15) is 0 Å². The summed E-state index contributed by atoms with van der Waals surface area (Å²) in [7, 11) is 0. The molecule has 2 aliphatic rings. The Balaban J connectivity index is 0.00000161. The van der Waals surface area contributed by atoms with Gasteiger partial charge in [-0.15, -0.1) is 12.4 Å². The SMILES string of the molecule is Cl.O=C(NC1CCCN(c2ccccc2)C1)C1CCCN1. The number of benzene rings is 1. The maximum Gasteiger partial charge on any atom is 0.237 e. The Kier molecular flexibility index (Phi) is 5.88. The summed E-state index contributed by atoms with van der Waals surface area (Å²) in [5.41, 5.74) is 1.26. The van der Waals surface area contributed by atoms with Crippen LogP contribution in [0.3, 0.4) is 0 Å². The molecule has 0 saturated carbocycles. The summed E-state index contributed by atoms with van der Waals surface area (Å²) >= 11 is 0. The van der Waals surface area contributed by atoms with Crippen LogP contribution in [0.25, 0.3) is 0 Å². The van der Waals surface area contributed by atoms with Crippen LogP contribution in [0.5, 0.6) is 0 Å². The van der Waals surface area contributed by atoms with Crippen LogP contribution in [0.4, 0.5) is 5.69 Å².